The van der Waals surface area contributed by atoms with Gasteiger partial charge in [-0.05, 0) is 57.4 Å². The van der Waals surface area contributed by atoms with Crippen LogP contribution in [-0.2, 0) is 20.0 Å². The van der Waals surface area contributed by atoms with Crippen molar-refractivity contribution in [2.75, 3.05) is 6.54 Å². The highest BCUT2D eigenvalue weighted by Gasteiger charge is 2.14. The molecule has 0 radical (unpaired) electrons. The van der Waals surface area contributed by atoms with E-state index in [9.17, 15) is 0 Å². The molecule has 26 heavy (non-hydrogen) atoms. The minimum atomic E-state index is 0.232. The molecule has 6 heteroatoms. The maximum absolute atomic E-state index is 8.87. The minimum Gasteiger partial charge on any atom is -0.357 e. The molecule has 0 amide bonds. The van der Waals surface area contributed by atoms with Crippen LogP contribution in [-0.4, -0.2) is 28.3 Å². The van der Waals surface area contributed by atoms with Crippen molar-refractivity contribution in [2.24, 2.45) is 12.0 Å². The van der Waals surface area contributed by atoms with Gasteiger partial charge >= 0.3 is 0 Å². The van der Waals surface area contributed by atoms with Crippen LogP contribution in [0.15, 0.2) is 29.3 Å². The molecule has 0 fully saturated rings. The molecule has 2 aromatic rings. The van der Waals surface area contributed by atoms with Crippen LogP contribution in [0.2, 0.25) is 0 Å². The SMILES string of the molecule is CCNC(=NCc1ccc(C#N)cc1)NC(C)Cc1c(C)nn(C)c1C. The van der Waals surface area contributed by atoms with Crippen molar-refractivity contribution < 1.29 is 0 Å². The molecule has 0 bridgehead atoms. The molecule has 1 atom stereocenters. The Bertz CT molecular complexity index is 795. The van der Waals surface area contributed by atoms with E-state index in [-0.39, 0.29) is 6.04 Å². The average Bonchev–Trinajstić information content (AvgIpc) is 2.86. The van der Waals surface area contributed by atoms with Gasteiger partial charge in [-0.3, -0.25) is 4.68 Å². The monoisotopic (exact) mass is 352 g/mol. The van der Waals surface area contributed by atoms with Gasteiger partial charge in [-0.15, -0.1) is 0 Å². The normalized spacial score (nSPS) is 12.5. The van der Waals surface area contributed by atoms with Crippen molar-refractivity contribution in [2.45, 2.75) is 46.7 Å². The van der Waals surface area contributed by atoms with Crippen molar-refractivity contribution in [3.63, 3.8) is 0 Å². The van der Waals surface area contributed by atoms with Gasteiger partial charge in [-0.1, -0.05) is 12.1 Å². The number of hydrogen-bond donors (Lipinski definition) is 2. The van der Waals surface area contributed by atoms with Crippen molar-refractivity contribution in [3.05, 3.63) is 52.3 Å². The molecule has 0 aliphatic rings. The number of rotatable bonds is 6. The number of benzene rings is 1. The number of nitrogens with zero attached hydrogens (tertiary/aromatic N) is 4. The summed E-state index contributed by atoms with van der Waals surface area (Å²) in [4.78, 5) is 4.66. The Balaban J connectivity index is 2.02. The number of aryl methyl sites for hydroxylation is 2. The number of hydrogen-bond acceptors (Lipinski definition) is 3. The van der Waals surface area contributed by atoms with Crippen LogP contribution >= 0.6 is 0 Å². The summed E-state index contributed by atoms with van der Waals surface area (Å²) in [6.45, 7) is 9.74. The van der Waals surface area contributed by atoms with Gasteiger partial charge in [0.15, 0.2) is 5.96 Å². The van der Waals surface area contributed by atoms with Crippen LogP contribution < -0.4 is 10.6 Å². The molecule has 2 N–H and O–H groups in total. The Morgan fingerprint density at radius 1 is 1.31 bits per heavy atom. The lowest BCUT2D eigenvalue weighted by Gasteiger charge is -2.18. The van der Waals surface area contributed by atoms with Crippen LogP contribution in [0.1, 0.15) is 41.9 Å². The highest BCUT2D eigenvalue weighted by Crippen LogP contribution is 2.14. The van der Waals surface area contributed by atoms with Gasteiger partial charge in [-0.25, -0.2) is 4.99 Å². The summed E-state index contributed by atoms with van der Waals surface area (Å²) in [6, 6.07) is 9.89. The zero-order chi connectivity index (χ0) is 19.1. The van der Waals surface area contributed by atoms with Crippen molar-refractivity contribution in [1.29, 1.82) is 5.26 Å². The Kier molecular flexibility index (Phi) is 6.79. The molecule has 0 saturated carbocycles. The van der Waals surface area contributed by atoms with Crippen LogP contribution in [0, 0.1) is 25.2 Å². The summed E-state index contributed by atoms with van der Waals surface area (Å²) in [5, 5.41) is 20.1. The molecule has 1 aromatic heterocycles. The summed E-state index contributed by atoms with van der Waals surface area (Å²) >= 11 is 0. The van der Waals surface area contributed by atoms with E-state index < -0.39 is 0 Å². The third-order valence-corrected chi connectivity index (χ3v) is 4.40. The van der Waals surface area contributed by atoms with Crippen LogP contribution in [0.4, 0.5) is 0 Å². The lowest BCUT2D eigenvalue weighted by Crippen LogP contribution is -2.43. The highest BCUT2D eigenvalue weighted by molar-refractivity contribution is 5.80. The summed E-state index contributed by atoms with van der Waals surface area (Å²) < 4.78 is 1.93. The Labute approximate surface area is 155 Å². The summed E-state index contributed by atoms with van der Waals surface area (Å²) in [5.74, 6) is 0.795. The second-order valence-corrected chi connectivity index (χ2v) is 6.53. The standard InChI is InChI=1S/C20H28N6/c1-6-22-20(23-13-18-9-7-17(12-21)8-10-18)24-14(2)11-19-15(3)25-26(5)16(19)4/h7-10,14H,6,11,13H2,1-5H3,(H2,22,23,24). The summed E-state index contributed by atoms with van der Waals surface area (Å²) in [7, 11) is 1.98. The van der Waals surface area contributed by atoms with Crippen molar-refractivity contribution >= 4 is 5.96 Å². The predicted octanol–water partition coefficient (Wildman–Crippen LogP) is 2.59. The smallest absolute Gasteiger partial charge is 0.191 e. The highest BCUT2D eigenvalue weighted by atomic mass is 15.3. The van der Waals surface area contributed by atoms with Crippen molar-refractivity contribution in [3.8, 4) is 6.07 Å². The lowest BCUT2D eigenvalue weighted by atomic mass is 10.1. The predicted molar refractivity (Wildman–Crippen MR) is 105 cm³/mol. The Morgan fingerprint density at radius 3 is 2.54 bits per heavy atom. The molecular weight excluding hydrogens is 324 g/mol. The largest absolute Gasteiger partial charge is 0.357 e. The van der Waals surface area contributed by atoms with Crippen LogP contribution in [0.3, 0.4) is 0 Å². The summed E-state index contributed by atoms with van der Waals surface area (Å²) in [6.07, 6.45) is 0.896. The van der Waals surface area contributed by atoms with Gasteiger partial charge in [0.05, 0.1) is 23.9 Å². The molecule has 2 rings (SSSR count). The van der Waals surface area contributed by atoms with Crippen molar-refractivity contribution in [1.82, 2.24) is 20.4 Å². The van der Waals surface area contributed by atoms with Crippen LogP contribution in [0.5, 0.6) is 0 Å². The maximum Gasteiger partial charge on any atom is 0.191 e. The zero-order valence-corrected chi connectivity index (χ0v) is 16.3. The number of aliphatic imine (C=N–C) groups is 1. The fourth-order valence-electron chi connectivity index (χ4n) is 2.88. The minimum absolute atomic E-state index is 0.232. The van der Waals surface area contributed by atoms with Gasteiger partial charge in [-0.2, -0.15) is 10.4 Å². The third-order valence-electron chi connectivity index (χ3n) is 4.40. The van der Waals surface area contributed by atoms with E-state index >= 15 is 0 Å². The van der Waals surface area contributed by atoms with E-state index in [0.717, 1.165) is 30.2 Å². The number of aromatic nitrogens is 2. The second kappa shape index (κ2) is 9.04. The first-order valence-electron chi connectivity index (χ1n) is 8.97. The quantitative estimate of drug-likeness (QED) is 0.619. The second-order valence-electron chi connectivity index (χ2n) is 6.53. The molecule has 1 aromatic carbocycles. The molecule has 1 heterocycles. The fourth-order valence-corrected chi connectivity index (χ4v) is 2.88. The molecule has 0 spiro atoms. The van der Waals surface area contributed by atoms with E-state index in [2.05, 4.69) is 54.5 Å². The maximum atomic E-state index is 8.87. The first-order valence-corrected chi connectivity index (χ1v) is 8.97. The molecule has 138 valence electrons. The average molecular weight is 352 g/mol. The van der Waals surface area contributed by atoms with Gasteiger partial charge in [0.1, 0.15) is 0 Å². The number of nitriles is 1. The summed E-state index contributed by atoms with van der Waals surface area (Å²) in [5.41, 5.74) is 5.32. The van der Waals surface area contributed by atoms with E-state index in [1.165, 1.54) is 11.3 Å². The van der Waals surface area contributed by atoms with E-state index in [0.29, 0.717) is 12.1 Å². The van der Waals surface area contributed by atoms with E-state index in [1.807, 2.05) is 36.0 Å². The molecule has 0 saturated heterocycles. The topological polar surface area (TPSA) is 78.0 Å². The number of guanidine groups is 1. The molecule has 0 aliphatic carbocycles. The van der Waals surface area contributed by atoms with Gasteiger partial charge in [0, 0.05) is 25.3 Å². The Hall–Kier alpha value is -2.81. The lowest BCUT2D eigenvalue weighted by molar-refractivity contribution is 0.636. The molecular formula is C20H28N6. The number of nitrogens with one attached hydrogen (secondary N) is 2. The molecule has 0 aliphatic heterocycles. The molecule has 1 unspecified atom stereocenters. The zero-order valence-electron chi connectivity index (χ0n) is 16.3. The Morgan fingerprint density at radius 2 is 2.00 bits per heavy atom. The van der Waals surface area contributed by atoms with Gasteiger partial charge < -0.3 is 10.6 Å². The van der Waals surface area contributed by atoms with Gasteiger partial charge in [0.2, 0.25) is 0 Å². The fraction of sp³-hybridized carbons (Fsp3) is 0.450. The van der Waals surface area contributed by atoms with E-state index in [1.54, 1.807) is 0 Å². The van der Waals surface area contributed by atoms with E-state index in [4.69, 9.17) is 5.26 Å². The van der Waals surface area contributed by atoms with Crippen LogP contribution in [0.25, 0.3) is 0 Å². The first kappa shape index (κ1) is 19.5. The third kappa shape index (κ3) is 5.09. The first-order chi connectivity index (χ1) is 12.4. The van der Waals surface area contributed by atoms with Gasteiger partial charge in [0.25, 0.3) is 0 Å². The molecule has 6 nitrogen and oxygen atoms in total.